The van der Waals surface area contributed by atoms with Gasteiger partial charge in [0.1, 0.15) is 0 Å². The fourth-order valence-electron chi connectivity index (χ4n) is 2.52. The number of carbonyl (C=O) groups excluding carboxylic acids is 1. The molecule has 1 N–H and O–H groups in total. The third-order valence-corrected chi connectivity index (χ3v) is 3.92. The summed E-state index contributed by atoms with van der Waals surface area (Å²) in [6, 6.07) is 7.61. The molecule has 1 aromatic rings. The number of hydrogen-bond acceptors (Lipinski definition) is 3. The van der Waals surface area contributed by atoms with Gasteiger partial charge in [-0.3, -0.25) is 9.59 Å². The highest BCUT2D eigenvalue weighted by atomic mass is 35.5. The maximum absolute atomic E-state index is 12.2. The Bertz CT molecular complexity index is 517. The summed E-state index contributed by atoms with van der Waals surface area (Å²) in [6.45, 7) is 1.31. The van der Waals surface area contributed by atoms with Crippen LogP contribution in [0.25, 0.3) is 0 Å². The number of benzene rings is 1. The molecule has 2 rings (SSSR count). The number of carboxylic acid groups (broad SMARTS) is 1. The zero-order chi connectivity index (χ0) is 15.9. The van der Waals surface area contributed by atoms with E-state index in [1.54, 1.807) is 4.90 Å². The summed E-state index contributed by atoms with van der Waals surface area (Å²) in [6.07, 6.45) is 1.59. The molecule has 0 bridgehead atoms. The van der Waals surface area contributed by atoms with E-state index in [1.165, 1.54) is 0 Å². The number of carbonyl (C=O) groups is 2. The highest BCUT2D eigenvalue weighted by Crippen LogP contribution is 2.14. The summed E-state index contributed by atoms with van der Waals surface area (Å²) in [5.41, 5.74) is 1.16. The molecule has 0 aromatic heterocycles. The number of halogens is 1. The van der Waals surface area contributed by atoms with Crippen LogP contribution in [0.15, 0.2) is 24.3 Å². The Labute approximate surface area is 134 Å². The van der Waals surface area contributed by atoms with Gasteiger partial charge >= 0.3 is 5.97 Å². The van der Waals surface area contributed by atoms with Gasteiger partial charge in [0, 0.05) is 24.5 Å². The third kappa shape index (κ3) is 5.31. The molecule has 0 aliphatic carbocycles. The quantitative estimate of drug-likeness (QED) is 0.872. The van der Waals surface area contributed by atoms with Crippen molar-refractivity contribution in [1.82, 2.24) is 4.90 Å². The zero-order valence-corrected chi connectivity index (χ0v) is 13.1. The minimum atomic E-state index is -0.901. The van der Waals surface area contributed by atoms with Crippen molar-refractivity contribution in [3.8, 4) is 0 Å². The molecular formula is C16H20ClNO4. The Kier molecular flexibility index (Phi) is 6.21. The molecule has 5 nitrogen and oxygen atoms in total. The van der Waals surface area contributed by atoms with Gasteiger partial charge in [0.2, 0.25) is 5.91 Å². The average molecular weight is 326 g/mol. The van der Waals surface area contributed by atoms with E-state index in [0.29, 0.717) is 31.1 Å². The fraction of sp³-hybridized carbons (Fsp3) is 0.500. The molecule has 0 saturated carbocycles. The molecule has 6 heteroatoms. The minimum absolute atomic E-state index is 0.0610. The van der Waals surface area contributed by atoms with Crippen LogP contribution in [-0.2, 0) is 20.7 Å². The maximum Gasteiger partial charge on any atom is 0.306 e. The standard InChI is InChI=1S/C16H20ClNO4/c17-13-6-4-12(5-7-13)2-1-3-15(19)18-8-9-22-14(11-18)10-16(20)21/h4-7,14H,1-3,8-11H2,(H,20,21). The lowest BCUT2D eigenvalue weighted by atomic mass is 10.1. The molecular weight excluding hydrogens is 306 g/mol. The Morgan fingerprint density at radius 3 is 2.73 bits per heavy atom. The zero-order valence-electron chi connectivity index (χ0n) is 12.3. The highest BCUT2D eigenvalue weighted by Gasteiger charge is 2.25. The molecule has 22 heavy (non-hydrogen) atoms. The van der Waals surface area contributed by atoms with Gasteiger partial charge in [-0.05, 0) is 30.5 Å². The van der Waals surface area contributed by atoms with Crippen molar-refractivity contribution in [1.29, 1.82) is 0 Å². The van der Waals surface area contributed by atoms with Crippen LogP contribution in [-0.4, -0.2) is 47.7 Å². The van der Waals surface area contributed by atoms with Gasteiger partial charge in [-0.15, -0.1) is 0 Å². The molecule has 1 heterocycles. The van der Waals surface area contributed by atoms with Crippen molar-refractivity contribution in [3.05, 3.63) is 34.9 Å². The monoisotopic (exact) mass is 325 g/mol. The van der Waals surface area contributed by atoms with E-state index in [0.717, 1.165) is 18.4 Å². The molecule has 1 aliphatic rings. The van der Waals surface area contributed by atoms with Crippen LogP contribution >= 0.6 is 11.6 Å². The van der Waals surface area contributed by atoms with E-state index >= 15 is 0 Å². The number of nitrogens with zero attached hydrogens (tertiary/aromatic N) is 1. The SMILES string of the molecule is O=C(O)CC1CN(C(=O)CCCc2ccc(Cl)cc2)CCO1. The van der Waals surface area contributed by atoms with Gasteiger partial charge in [0.15, 0.2) is 0 Å². The van der Waals surface area contributed by atoms with Gasteiger partial charge in [-0.25, -0.2) is 0 Å². The molecule has 0 radical (unpaired) electrons. The number of rotatable bonds is 6. The van der Waals surface area contributed by atoms with Crippen LogP contribution in [0.1, 0.15) is 24.8 Å². The van der Waals surface area contributed by atoms with Crippen LogP contribution < -0.4 is 0 Å². The number of aliphatic carboxylic acids is 1. The smallest absolute Gasteiger partial charge is 0.306 e. The van der Waals surface area contributed by atoms with Crippen molar-refractivity contribution in [2.75, 3.05) is 19.7 Å². The highest BCUT2D eigenvalue weighted by molar-refractivity contribution is 6.30. The van der Waals surface area contributed by atoms with E-state index < -0.39 is 12.1 Å². The Morgan fingerprint density at radius 1 is 1.32 bits per heavy atom. The summed E-state index contributed by atoms with van der Waals surface area (Å²) < 4.78 is 5.37. The normalized spacial score (nSPS) is 18.2. The third-order valence-electron chi connectivity index (χ3n) is 3.66. The van der Waals surface area contributed by atoms with Crippen molar-refractivity contribution in [2.45, 2.75) is 31.8 Å². The second-order valence-electron chi connectivity index (χ2n) is 5.41. The van der Waals surface area contributed by atoms with Crippen molar-refractivity contribution in [3.63, 3.8) is 0 Å². The molecule has 1 aliphatic heterocycles. The molecule has 0 spiro atoms. The van der Waals surface area contributed by atoms with Crippen LogP contribution in [0.4, 0.5) is 0 Å². The summed E-state index contributed by atoms with van der Waals surface area (Å²) in [7, 11) is 0. The molecule has 1 amide bonds. The van der Waals surface area contributed by atoms with Gasteiger partial charge in [-0.1, -0.05) is 23.7 Å². The van der Waals surface area contributed by atoms with E-state index in [4.69, 9.17) is 21.4 Å². The lowest BCUT2D eigenvalue weighted by molar-refractivity contribution is -0.147. The van der Waals surface area contributed by atoms with Crippen molar-refractivity contribution >= 4 is 23.5 Å². The van der Waals surface area contributed by atoms with E-state index in [9.17, 15) is 9.59 Å². The molecule has 1 unspecified atom stereocenters. The van der Waals surface area contributed by atoms with Gasteiger partial charge < -0.3 is 14.7 Å². The number of amides is 1. The van der Waals surface area contributed by atoms with E-state index in [1.807, 2.05) is 24.3 Å². The number of carboxylic acids is 1. The Balaban J connectivity index is 1.74. The topological polar surface area (TPSA) is 66.8 Å². The summed E-state index contributed by atoms with van der Waals surface area (Å²) in [5, 5.41) is 9.49. The Morgan fingerprint density at radius 2 is 2.05 bits per heavy atom. The fourth-order valence-corrected chi connectivity index (χ4v) is 2.64. The first-order valence-electron chi connectivity index (χ1n) is 7.40. The van der Waals surface area contributed by atoms with Crippen LogP contribution in [0.3, 0.4) is 0 Å². The first-order valence-corrected chi connectivity index (χ1v) is 7.78. The molecule has 1 atom stereocenters. The first-order chi connectivity index (χ1) is 10.5. The van der Waals surface area contributed by atoms with Gasteiger partial charge in [-0.2, -0.15) is 0 Å². The summed E-state index contributed by atoms with van der Waals surface area (Å²) in [4.78, 5) is 24.6. The summed E-state index contributed by atoms with van der Waals surface area (Å²) in [5.74, 6) is -0.838. The second-order valence-corrected chi connectivity index (χ2v) is 5.85. The van der Waals surface area contributed by atoms with Gasteiger partial charge in [0.05, 0.1) is 19.1 Å². The number of hydrogen-bond donors (Lipinski definition) is 1. The van der Waals surface area contributed by atoms with Gasteiger partial charge in [0.25, 0.3) is 0 Å². The number of morpholine rings is 1. The van der Waals surface area contributed by atoms with Crippen LogP contribution in [0.2, 0.25) is 5.02 Å². The summed E-state index contributed by atoms with van der Waals surface area (Å²) >= 11 is 5.83. The van der Waals surface area contributed by atoms with E-state index in [-0.39, 0.29) is 12.3 Å². The largest absolute Gasteiger partial charge is 0.481 e. The lowest BCUT2D eigenvalue weighted by Gasteiger charge is -2.32. The predicted molar refractivity (Wildman–Crippen MR) is 83.0 cm³/mol. The molecule has 1 aromatic carbocycles. The lowest BCUT2D eigenvalue weighted by Crippen LogP contribution is -2.46. The molecule has 120 valence electrons. The second kappa shape index (κ2) is 8.15. The Hall–Kier alpha value is -1.59. The number of ether oxygens (including phenoxy) is 1. The van der Waals surface area contributed by atoms with Crippen LogP contribution in [0, 0.1) is 0 Å². The predicted octanol–water partition coefficient (Wildman–Crippen LogP) is 2.36. The first kappa shape index (κ1) is 16.8. The molecule has 1 fully saturated rings. The maximum atomic E-state index is 12.2. The van der Waals surface area contributed by atoms with E-state index in [2.05, 4.69) is 0 Å². The minimum Gasteiger partial charge on any atom is -0.481 e. The number of aryl methyl sites for hydroxylation is 1. The van der Waals surface area contributed by atoms with Crippen molar-refractivity contribution < 1.29 is 19.4 Å². The van der Waals surface area contributed by atoms with Crippen LogP contribution in [0.5, 0.6) is 0 Å². The average Bonchev–Trinajstić information content (AvgIpc) is 2.49. The molecule has 1 saturated heterocycles. The van der Waals surface area contributed by atoms with Crippen molar-refractivity contribution in [2.24, 2.45) is 0 Å².